The maximum absolute atomic E-state index is 12.7. The fraction of sp³-hybridized carbons (Fsp3) is 0.636. The predicted molar refractivity (Wildman–Crippen MR) is 111 cm³/mol. The van der Waals surface area contributed by atoms with E-state index < -0.39 is 0 Å². The van der Waals surface area contributed by atoms with Gasteiger partial charge >= 0.3 is 0 Å². The van der Waals surface area contributed by atoms with Gasteiger partial charge in [-0.25, -0.2) is 0 Å². The molecule has 1 aromatic rings. The Balaban J connectivity index is 1.54. The first-order valence-electron chi connectivity index (χ1n) is 10.6. The summed E-state index contributed by atoms with van der Waals surface area (Å²) in [7, 11) is 0. The molecule has 6 heteroatoms. The van der Waals surface area contributed by atoms with Gasteiger partial charge in [0.2, 0.25) is 5.91 Å². The molecule has 0 aromatic heterocycles. The number of para-hydroxylation sites is 1. The van der Waals surface area contributed by atoms with Crippen LogP contribution in [0.25, 0.3) is 0 Å². The average Bonchev–Trinajstić information content (AvgIpc) is 3.20. The van der Waals surface area contributed by atoms with Crippen LogP contribution in [0.5, 0.6) is 0 Å². The summed E-state index contributed by atoms with van der Waals surface area (Å²) in [6.45, 7) is 7.15. The second-order valence-corrected chi connectivity index (χ2v) is 8.29. The molecule has 6 nitrogen and oxygen atoms in total. The van der Waals surface area contributed by atoms with Crippen molar-refractivity contribution >= 4 is 17.5 Å². The zero-order valence-electron chi connectivity index (χ0n) is 17.1. The van der Waals surface area contributed by atoms with Crippen molar-refractivity contribution in [2.24, 2.45) is 5.92 Å². The quantitative estimate of drug-likeness (QED) is 0.755. The van der Waals surface area contributed by atoms with Gasteiger partial charge in [-0.3, -0.25) is 9.59 Å². The van der Waals surface area contributed by atoms with Crippen LogP contribution in [0, 0.1) is 5.92 Å². The molecule has 3 rings (SSSR count). The maximum Gasteiger partial charge on any atom is 0.253 e. The number of amides is 2. The third-order valence-corrected chi connectivity index (χ3v) is 5.46. The number of rotatable bonds is 7. The number of nitrogens with one attached hydrogen (secondary N) is 2. The van der Waals surface area contributed by atoms with Gasteiger partial charge in [0.05, 0.1) is 11.7 Å². The van der Waals surface area contributed by atoms with Gasteiger partial charge in [0.1, 0.15) is 0 Å². The molecule has 0 unspecified atom stereocenters. The Morgan fingerprint density at radius 1 is 1.18 bits per heavy atom. The van der Waals surface area contributed by atoms with Gasteiger partial charge in [-0.05, 0) is 43.7 Å². The molecule has 28 heavy (non-hydrogen) atoms. The highest BCUT2D eigenvalue weighted by atomic mass is 16.5. The Bertz CT molecular complexity index is 663. The first-order chi connectivity index (χ1) is 13.5. The smallest absolute Gasteiger partial charge is 0.253 e. The maximum atomic E-state index is 12.7. The number of hydrogen-bond donors (Lipinski definition) is 2. The Hall–Kier alpha value is -2.08. The van der Waals surface area contributed by atoms with E-state index in [1.807, 2.05) is 24.3 Å². The molecular formula is C22H33N3O3. The normalized spacial score (nSPS) is 20.4. The summed E-state index contributed by atoms with van der Waals surface area (Å²) >= 11 is 0. The summed E-state index contributed by atoms with van der Waals surface area (Å²) < 4.78 is 5.59. The van der Waals surface area contributed by atoms with Crippen molar-refractivity contribution in [2.75, 3.05) is 31.1 Å². The van der Waals surface area contributed by atoms with E-state index in [1.165, 1.54) is 0 Å². The van der Waals surface area contributed by atoms with Gasteiger partial charge in [-0.2, -0.15) is 0 Å². The molecule has 2 saturated heterocycles. The number of hydrogen-bond acceptors (Lipinski definition) is 4. The molecule has 0 saturated carbocycles. The Kier molecular flexibility index (Phi) is 7.31. The molecule has 1 atom stereocenters. The molecule has 154 valence electrons. The lowest BCUT2D eigenvalue weighted by Crippen LogP contribution is -2.45. The van der Waals surface area contributed by atoms with Crippen LogP contribution in [0.1, 0.15) is 56.3 Å². The number of carbonyl (C=O) groups excluding carboxylic acids is 2. The van der Waals surface area contributed by atoms with E-state index in [0.717, 1.165) is 51.1 Å². The van der Waals surface area contributed by atoms with Gasteiger partial charge in [0.15, 0.2) is 0 Å². The van der Waals surface area contributed by atoms with Crippen molar-refractivity contribution in [1.82, 2.24) is 10.6 Å². The molecule has 0 spiro atoms. The second-order valence-electron chi connectivity index (χ2n) is 8.29. The summed E-state index contributed by atoms with van der Waals surface area (Å²) in [5, 5.41) is 6.18. The number of ether oxygens (including phenoxy) is 1. The summed E-state index contributed by atoms with van der Waals surface area (Å²) in [5.41, 5.74) is 1.68. The van der Waals surface area contributed by atoms with Crippen LogP contribution in [0.2, 0.25) is 0 Å². The van der Waals surface area contributed by atoms with E-state index in [4.69, 9.17) is 4.74 Å². The minimum absolute atomic E-state index is 0.0431. The van der Waals surface area contributed by atoms with Gasteiger partial charge in [-0.15, -0.1) is 0 Å². The third-order valence-electron chi connectivity index (χ3n) is 5.46. The molecule has 2 fully saturated rings. The Morgan fingerprint density at radius 3 is 2.61 bits per heavy atom. The van der Waals surface area contributed by atoms with Gasteiger partial charge in [0, 0.05) is 44.4 Å². The summed E-state index contributed by atoms with van der Waals surface area (Å²) in [5.74, 6) is 0.473. The second kappa shape index (κ2) is 9.92. The fourth-order valence-corrected chi connectivity index (χ4v) is 3.97. The fourth-order valence-electron chi connectivity index (χ4n) is 3.97. The zero-order valence-corrected chi connectivity index (χ0v) is 17.1. The van der Waals surface area contributed by atoms with Crippen molar-refractivity contribution in [3.8, 4) is 0 Å². The van der Waals surface area contributed by atoms with E-state index >= 15 is 0 Å². The first kappa shape index (κ1) is 20.6. The highest BCUT2D eigenvalue weighted by Gasteiger charge is 2.24. The number of carbonyl (C=O) groups is 2. The number of piperidine rings is 1. The lowest BCUT2D eigenvalue weighted by atomic mass is 10.0. The van der Waals surface area contributed by atoms with Crippen LogP contribution in [0.3, 0.4) is 0 Å². The molecular weight excluding hydrogens is 354 g/mol. The molecule has 2 aliphatic rings. The van der Waals surface area contributed by atoms with Gasteiger partial charge in [0.25, 0.3) is 5.91 Å². The van der Waals surface area contributed by atoms with Gasteiger partial charge in [-0.1, -0.05) is 26.0 Å². The molecule has 2 aliphatic heterocycles. The molecule has 0 aliphatic carbocycles. The highest BCUT2D eigenvalue weighted by Crippen LogP contribution is 2.24. The lowest BCUT2D eigenvalue weighted by Gasteiger charge is -2.35. The Morgan fingerprint density at radius 2 is 1.93 bits per heavy atom. The van der Waals surface area contributed by atoms with E-state index in [1.54, 1.807) is 0 Å². The van der Waals surface area contributed by atoms with Crippen molar-refractivity contribution in [2.45, 2.75) is 58.1 Å². The lowest BCUT2D eigenvalue weighted by molar-refractivity contribution is -0.122. The summed E-state index contributed by atoms with van der Waals surface area (Å²) in [6, 6.07) is 8.00. The minimum Gasteiger partial charge on any atom is -0.376 e. The summed E-state index contributed by atoms with van der Waals surface area (Å²) in [4.78, 5) is 27.0. The van der Waals surface area contributed by atoms with Gasteiger partial charge < -0.3 is 20.3 Å². The molecule has 2 N–H and O–H groups in total. The van der Waals surface area contributed by atoms with E-state index in [9.17, 15) is 9.59 Å². The Labute approximate surface area is 168 Å². The van der Waals surface area contributed by atoms with Crippen molar-refractivity contribution in [3.63, 3.8) is 0 Å². The standard InChI is InChI=1S/C22H33N3O3/c1-16(2)14-21(26)24-17-9-11-25(12-10-17)20-8-4-3-7-19(20)22(27)23-15-18-6-5-13-28-18/h3-4,7-8,16-18H,5-6,9-15H2,1-2H3,(H,23,27)(H,24,26)/t18-/m1/s1. The van der Waals surface area contributed by atoms with Crippen LogP contribution < -0.4 is 15.5 Å². The van der Waals surface area contributed by atoms with E-state index in [2.05, 4.69) is 29.4 Å². The zero-order chi connectivity index (χ0) is 19.9. The minimum atomic E-state index is -0.0431. The number of anilines is 1. The van der Waals surface area contributed by atoms with Crippen LogP contribution >= 0.6 is 0 Å². The molecule has 1 aromatic carbocycles. The predicted octanol–water partition coefficient (Wildman–Crippen LogP) is 2.73. The third kappa shape index (κ3) is 5.71. The highest BCUT2D eigenvalue weighted by molar-refractivity contribution is 5.99. The molecule has 0 radical (unpaired) electrons. The molecule has 0 bridgehead atoms. The van der Waals surface area contributed by atoms with Crippen LogP contribution in [0.15, 0.2) is 24.3 Å². The topological polar surface area (TPSA) is 70.7 Å². The largest absolute Gasteiger partial charge is 0.376 e. The van der Waals surface area contributed by atoms with Crippen LogP contribution in [-0.2, 0) is 9.53 Å². The SMILES string of the molecule is CC(C)CC(=O)NC1CCN(c2ccccc2C(=O)NC[C@H]2CCCO2)CC1. The molecule has 2 amide bonds. The van der Waals surface area contributed by atoms with E-state index in [-0.39, 0.29) is 24.0 Å². The van der Waals surface area contributed by atoms with Crippen molar-refractivity contribution < 1.29 is 14.3 Å². The van der Waals surface area contributed by atoms with Crippen LogP contribution in [-0.4, -0.2) is 50.2 Å². The van der Waals surface area contributed by atoms with Crippen molar-refractivity contribution in [1.29, 1.82) is 0 Å². The number of benzene rings is 1. The van der Waals surface area contributed by atoms with Crippen LogP contribution in [0.4, 0.5) is 5.69 Å². The monoisotopic (exact) mass is 387 g/mol. The summed E-state index contributed by atoms with van der Waals surface area (Å²) in [6.07, 6.45) is 4.60. The van der Waals surface area contributed by atoms with Crippen molar-refractivity contribution in [3.05, 3.63) is 29.8 Å². The first-order valence-corrected chi connectivity index (χ1v) is 10.6. The number of nitrogens with zero attached hydrogens (tertiary/aromatic N) is 1. The average molecular weight is 388 g/mol. The van der Waals surface area contributed by atoms with E-state index in [0.29, 0.717) is 24.4 Å². The molecule has 2 heterocycles.